The van der Waals surface area contributed by atoms with Crippen molar-refractivity contribution in [1.82, 2.24) is 5.32 Å². The maximum Gasteiger partial charge on any atom is 0.338 e. The number of hydrogen-bond acceptors (Lipinski definition) is 5. The summed E-state index contributed by atoms with van der Waals surface area (Å²) in [6.45, 7) is 2.42. The second-order valence-electron chi connectivity index (χ2n) is 6.05. The molecule has 7 heteroatoms. The smallest absolute Gasteiger partial charge is 0.338 e. The van der Waals surface area contributed by atoms with Gasteiger partial charge in [0.2, 0.25) is 0 Å². The molecule has 0 aliphatic rings. The molecule has 0 fully saturated rings. The van der Waals surface area contributed by atoms with Gasteiger partial charge in [-0.2, -0.15) is 0 Å². The maximum atomic E-state index is 12.9. The lowest BCUT2D eigenvalue weighted by Gasteiger charge is -2.12. The normalized spacial score (nSPS) is 10.2. The van der Waals surface area contributed by atoms with Gasteiger partial charge in [0.15, 0.2) is 18.1 Å². The Hall–Kier alpha value is -3.09. The number of carbonyl (C=O) groups excluding carboxylic acids is 2. The molecule has 1 amide bonds. The van der Waals surface area contributed by atoms with Gasteiger partial charge in [0.05, 0.1) is 19.3 Å². The molecule has 2 aromatic rings. The number of unbranched alkanes of at least 4 members (excludes halogenated alkanes) is 1. The predicted molar refractivity (Wildman–Crippen MR) is 102 cm³/mol. The van der Waals surface area contributed by atoms with Crippen molar-refractivity contribution in [1.29, 1.82) is 0 Å². The molecule has 0 saturated heterocycles. The van der Waals surface area contributed by atoms with Crippen molar-refractivity contribution in [3.63, 3.8) is 0 Å². The van der Waals surface area contributed by atoms with Crippen LogP contribution in [0, 0.1) is 5.82 Å². The van der Waals surface area contributed by atoms with Gasteiger partial charge >= 0.3 is 5.97 Å². The van der Waals surface area contributed by atoms with Crippen LogP contribution >= 0.6 is 0 Å². The van der Waals surface area contributed by atoms with Crippen molar-refractivity contribution < 1.29 is 28.2 Å². The third-order valence-electron chi connectivity index (χ3n) is 3.89. The van der Waals surface area contributed by atoms with Crippen LogP contribution in [0.15, 0.2) is 42.5 Å². The summed E-state index contributed by atoms with van der Waals surface area (Å²) in [5.74, 6) is -0.475. The minimum absolute atomic E-state index is 0.217. The number of carbonyl (C=O) groups is 2. The molecule has 0 spiro atoms. The number of benzene rings is 2. The van der Waals surface area contributed by atoms with E-state index < -0.39 is 18.5 Å². The Morgan fingerprint density at radius 3 is 2.50 bits per heavy atom. The average molecular weight is 389 g/mol. The largest absolute Gasteiger partial charge is 0.493 e. The first-order valence-electron chi connectivity index (χ1n) is 9.02. The standard InChI is InChI=1S/C21H24FNO5/c1-3-4-11-27-18-10-7-16(12-19(18)26-2)21(25)28-14-20(24)23-13-15-5-8-17(22)9-6-15/h5-10,12H,3-4,11,13-14H2,1-2H3,(H,23,24). The summed E-state index contributed by atoms with van der Waals surface area (Å²) in [6, 6.07) is 10.5. The molecule has 0 saturated carbocycles. The molecule has 2 aromatic carbocycles. The van der Waals surface area contributed by atoms with Crippen LogP contribution in [0.1, 0.15) is 35.7 Å². The van der Waals surface area contributed by atoms with Crippen molar-refractivity contribution in [3.8, 4) is 11.5 Å². The highest BCUT2D eigenvalue weighted by molar-refractivity contribution is 5.92. The first-order chi connectivity index (χ1) is 13.5. The Morgan fingerprint density at radius 1 is 1.07 bits per heavy atom. The van der Waals surface area contributed by atoms with Crippen molar-refractivity contribution >= 4 is 11.9 Å². The van der Waals surface area contributed by atoms with E-state index in [4.69, 9.17) is 14.2 Å². The molecule has 1 N–H and O–H groups in total. The molecule has 0 radical (unpaired) electrons. The number of nitrogens with one attached hydrogen (secondary N) is 1. The van der Waals surface area contributed by atoms with Gasteiger partial charge in [-0.3, -0.25) is 4.79 Å². The first-order valence-corrected chi connectivity index (χ1v) is 9.02. The highest BCUT2D eigenvalue weighted by Crippen LogP contribution is 2.28. The summed E-state index contributed by atoms with van der Waals surface area (Å²) in [4.78, 5) is 24.0. The second-order valence-corrected chi connectivity index (χ2v) is 6.05. The van der Waals surface area contributed by atoms with Crippen LogP contribution in [0.5, 0.6) is 11.5 Å². The molecule has 6 nitrogen and oxygen atoms in total. The first kappa shape index (κ1) is 21.2. The lowest BCUT2D eigenvalue weighted by atomic mass is 10.2. The minimum atomic E-state index is -0.643. The van der Waals surface area contributed by atoms with Crippen LogP contribution in [-0.2, 0) is 16.1 Å². The second kappa shape index (κ2) is 10.9. The molecular weight excluding hydrogens is 365 g/mol. The Kier molecular flexibility index (Phi) is 8.27. The number of methoxy groups -OCH3 is 1. The SMILES string of the molecule is CCCCOc1ccc(C(=O)OCC(=O)NCc2ccc(F)cc2)cc1OC. The monoisotopic (exact) mass is 389 g/mol. The number of amides is 1. The molecule has 0 heterocycles. The van der Waals surface area contributed by atoms with E-state index in [1.165, 1.54) is 25.3 Å². The van der Waals surface area contributed by atoms with Crippen LogP contribution in [0.4, 0.5) is 4.39 Å². The third-order valence-corrected chi connectivity index (χ3v) is 3.89. The summed E-state index contributed by atoms with van der Waals surface area (Å²) in [5.41, 5.74) is 0.996. The maximum absolute atomic E-state index is 12.9. The van der Waals surface area contributed by atoms with Crippen molar-refractivity contribution in [3.05, 3.63) is 59.4 Å². The fraction of sp³-hybridized carbons (Fsp3) is 0.333. The summed E-state index contributed by atoms with van der Waals surface area (Å²) >= 11 is 0. The molecule has 0 aromatic heterocycles. The molecule has 0 unspecified atom stereocenters. The zero-order valence-electron chi connectivity index (χ0n) is 16.0. The highest BCUT2D eigenvalue weighted by Gasteiger charge is 2.14. The van der Waals surface area contributed by atoms with Crippen molar-refractivity contribution in [2.24, 2.45) is 0 Å². The lowest BCUT2D eigenvalue weighted by Crippen LogP contribution is -2.28. The zero-order chi connectivity index (χ0) is 20.4. The van der Waals surface area contributed by atoms with E-state index >= 15 is 0 Å². The Balaban J connectivity index is 1.84. The van der Waals surface area contributed by atoms with E-state index in [2.05, 4.69) is 12.2 Å². The van der Waals surface area contributed by atoms with Crippen LogP contribution < -0.4 is 14.8 Å². The quantitative estimate of drug-likeness (QED) is 0.497. The van der Waals surface area contributed by atoms with Crippen LogP contribution in [0.3, 0.4) is 0 Å². The lowest BCUT2D eigenvalue weighted by molar-refractivity contribution is -0.124. The Morgan fingerprint density at radius 2 is 1.82 bits per heavy atom. The third kappa shape index (κ3) is 6.57. The summed E-state index contributed by atoms with van der Waals surface area (Å²) in [7, 11) is 1.49. The molecule has 0 aliphatic carbocycles. The Bertz CT molecular complexity index is 792. The van der Waals surface area contributed by atoms with Gasteiger partial charge in [-0.25, -0.2) is 9.18 Å². The van der Waals surface area contributed by atoms with Gasteiger partial charge in [-0.1, -0.05) is 25.5 Å². The van der Waals surface area contributed by atoms with E-state index in [-0.39, 0.29) is 17.9 Å². The summed E-state index contributed by atoms with van der Waals surface area (Å²) in [6.07, 6.45) is 1.93. The Labute approximate surface area is 163 Å². The van der Waals surface area contributed by atoms with E-state index in [0.29, 0.717) is 18.1 Å². The minimum Gasteiger partial charge on any atom is -0.493 e. The highest BCUT2D eigenvalue weighted by atomic mass is 19.1. The van der Waals surface area contributed by atoms with E-state index in [1.54, 1.807) is 24.3 Å². The van der Waals surface area contributed by atoms with Crippen LogP contribution in [0.2, 0.25) is 0 Å². The number of halogens is 1. The van der Waals surface area contributed by atoms with E-state index in [1.807, 2.05) is 0 Å². The van der Waals surface area contributed by atoms with Crippen molar-refractivity contribution in [2.45, 2.75) is 26.3 Å². The number of hydrogen-bond donors (Lipinski definition) is 1. The summed E-state index contributed by atoms with van der Waals surface area (Å²) < 4.78 is 28.7. The number of rotatable bonds is 10. The van der Waals surface area contributed by atoms with Gasteiger partial charge in [0.1, 0.15) is 5.82 Å². The molecule has 0 atom stereocenters. The molecule has 0 aliphatic heterocycles. The van der Waals surface area contributed by atoms with Gasteiger partial charge in [-0.05, 0) is 42.3 Å². The van der Waals surface area contributed by atoms with Gasteiger partial charge in [-0.15, -0.1) is 0 Å². The topological polar surface area (TPSA) is 73.9 Å². The fourth-order valence-electron chi connectivity index (χ4n) is 2.31. The van der Waals surface area contributed by atoms with Crippen molar-refractivity contribution in [2.75, 3.05) is 20.3 Å². The summed E-state index contributed by atoms with van der Waals surface area (Å²) in [5, 5.41) is 2.60. The van der Waals surface area contributed by atoms with Crippen LogP contribution in [0.25, 0.3) is 0 Å². The van der Waals surface area contributed by atoms with Gasteiger partial charge < -0.3 is 19.5 Å². The van der Waals surface area contributed by atoms with Crippen LogP contribution in [-0.4, -0.2) is 32.2 Å². The van der Waals surface area contributed by atoms with E-state index in [9.17, 15) is 14.0 Å². The molecule has 0 bridgehead atoms. The molecule has 150 valence electrons. The molecule has 28 heavy (non-hydrogen) atoms. The van der Waals surface area contributed by atoms with E-state index in [0.717, 1.165) is 18.4 Å². The van der Waals surface area contributed by atoms with Gasteiger partial charge in [0, 0.05) is 6.54 Å². The fourth-order valence-corrected chi connectivity index (χ4v) is 2.31. The molecular formula is C21H24FNO5. The average Bonchev–Trinajstić information content (AvgIpc) is 2.71. The predicted octanol–water partition coefficient (Wildman–Crippen LogP) is 3.49. The van der Waals surface area contributed by atoms with Gasteiger partial charge in [0.25, 0.3) is 5.91 Å². The molecule has 2 rings (SSSR count). The number of ether oxygens (including phenoxy) is 3. The zero-order valence-corrected chi connectivity index (χ0v) is 16.0. The number of esters is 1.